The fourth-order valence-electron chi connectivity index (χ4n) is 3.38. The lowest BCUT2D eigenvalue weighted by molar-refractivity contribution is 0.0747. The van der Waals surface area contributed by atoms with Crippen LogP contribution in [0.25, 0.3) is 0 Å². The van der Waals surface area contributed by atoms with E-state index in [0.29, 0.717) is 17.5 Å². The zero-order chi connectivity index (χ0) is 16.8. The lowest BCUT2D eigenvalue weighted by atomic mass is 10.2. The Morgan fingerprint density at radius 3 is 2.92 bits per heavy atom. The standard InChI is InChI=1S/C18H27N3O3/c1-23-17-8-3-2-7-16(17)19-18(22)21-10-5-9-20(11-12-21)14-15-6-4-13-24-15/h2-3,7-8,15H,4-6,9-14H2,1H3,(H,19,22)/t15-/m1/s1. The van der Waals surface area contributed by atoms with Gasteiger partial charge in [0.15, 0.2) is 0 Å². The maximum Gasteiger partial charge on any atom is 0.321 e. The van der Waals surface area contributed by atoms with Crippen LogP contribution in [0.4, 0.5) is 10.5 Å². The Labute approximate surface area is 143 Å². The number of hydrogen-bond donors (Lipinski definition) is 1. The van der Waals surface area contributed by atoms with Gasteiger partial charge < -0.3 is 19.7 Å². The molecule has 0 spiro atoms. The minimum absolute atomic E-state index is 0.0570. The molecular formula is C18H27N3O3. The highest BCUT2D eigenvalue weighted by Gasteiger charge is 2.23. The molecule has 1 aromatic carbocycles. The van der Waals surface area contributed by atoms with E-state index >= 15 is 0 Å². The van der Waals surface area contributed by atoms with Crippen molar-refractivity contribution in [2.24, 2.45) is 0 Å². The largest absolute Gasteiger partial charge is 0.495 e. The Balaban J connectivity index is 1.52. The first kappa shape index (κ1) is 17.0. The second kappa shape index (κ2) is 8.35. The summed E-state index contributed by atoms with van der Waals surface area (Å²) in [5.74, 6) is 0.681. The Kier molecular flexibility index (Phi) is 5.93. The second-order valence-electron chi connectivity index (χ2n) is 6.41. The van der Waals surface area contributed by atoms with Gasteiger partial charge in [0.1, 0.15) is 5.75 Å². The lowest BCUT2D eigenvalue weighted by Gasteiger charge is -2.24. The molecule has 2 fully saturated rings. The monoisotopic (exact) mass is 333 g/mol. The number of para-hydroxylation sites is 2. The third-order valence-electron chi connectivity index (χ3n) is 4.71. The van der Waals surface area contributed by atoms with Crippen LogP contribution in [-0.4, -0.2) is 68.4 Å². The lowest BCUT2D eigenvalue weighted by Crippen LogP contribution is -2.39. The number of benzene rings is 1. The van der Waals surface area contributed by atoms with Crippen molar-refractivity contribution >= 4 is 11.7 Å². The summed E-state index contributed by atoms with van der Waals surface area (Å²) in [4.78, 5) is 16.9. The molecule has 3 rings (SSSR count). The van der Waals surface area contributed by atoms with Crippen LogP contribution in [0.5, 0.6) is 5.75 Å². The van der Waals surface area contributed by atoms with Crippen LogP contribution in [0.2, 0.25) is 0 Å². The van der Waals surface area contributed by atoms with Gasteiger partial charge in [-0.3, -0.25) is 4.90 Å². The SMILES string of the molecule is COc1ccccc1NC(=O)N1CCCN(C[C@H]2CCCO2)CC1. The van der Waals surface area contributed by atoms with E-state index in [2.05, 4.69) is 10.2 Å². The van der Waals surface area contributed by atoms with Crippen molar-refractivity contribution in [3.63, 3.8) is 0 Å². The van der Waals surface area contributed by atoms with Crippen LogP contribution < -0.4 is 10.1 Å². The van der Waals surface area contributed by atoms with E-state index in [-0.39, 0.29) is 6.03 Å². The van der Waals surface area contributed by atoms with Crippen LogP contribution in [0, 0.1) is 0 Å². The van der Waals surface area contributed by atoms with Gasteiger partial charge in [0, 0.05) is 32.8 Å². The molecule has 2 saturated heterocycles. The van der Waals surface area contributed by atoms with Gasteiger partial charge >= 0.3 is 6.03 Å². The smallest absolute Gasteiger partial charge is 0.321 e. The fourth-order valence-corrected chi connectivity index (χ4v) is 3.38. The van der Waals surface area contributed by atoms with Crippen molar-refractivity contribution in [2.75, 3.05) is 51.8 Å². The van der Waals surface area contributed by atoms with E-state index in [9.17, 15) is 4.79 Å². The Morgan fingerprint density at radius 1 is 1.25 bits per heavy atom. The number of carbonyl (C=O) groups is 1. The van der Waals surface area contributed by atoms with Crippen molar-refractivity contribution in [1.29, 1.82) is 0 Å². The summed E-state index contributed by atoms with van der Waals surface area (Å²) in [6, 6.07) is 7.44. The highest BCUT2D eigenvalue weighted by Crippen LogP contribution is 2.23. The van der Waals surface area contributed by atoms with E-state index in [1.165, 1.54) is 6.42 Å². The number of nitrogens with zero attached hydrogens (tertiary/aromatic N) is 2. The molecule has 2 aliphatic heterocycles. The molecule has 0 aromatic heterocycles. The molecule has 2 aliphatic rings. The van der Waals surface area contributed by atoms with Gasteiger partial charge in [-0.25, -0.2) is 4.79 Å². The van der Waals surface area contributed by atoms with Crippen molar-refractivity contribution in [3.8, 4) is 5.75 Å². The molecule has 0 radical (unpaired) electrons. The van der Waals surface area contributed by atoms with E-state index in [4.69, 9.17) is 9.47 Å². The van der Waals surface area contributed by atoms with Crippen molar-refractivity contribution < 1.29 is 14.3 Å². The van der Waals surface area contributed by atoms with Crippen molar-refractivity contribution in [1.82, 2.24) is 9.80 Å². The Hall–Kier alpha value is -1.79. The van der Waals surface area contributed by atoms with Crippen LogP contribution in [0.1, 0.15) is 19.3 Å². The Bertz CT molecular complexity index is 546. The van der Waals surface area contributed by atoms with E-state index in [0.717, 1.165) is 52.2 Å². The van der Waals surface area contributed by atoms with Crippen molar-refractivity contribution in [3.05, 3.63) is 24.3 Å². The summed E-state index contributed by atoms with van der Waals surface area (Å²) in [5.41, 5.74) is 0.713. The first-order valence-corrected chi connectivity index (χ1v) is 8.79. The number of hydrogen-bond acceptors (Lipinski definition) is 4. The summed E-state index contributed by atoms with van der Waals surface area (Å²) < 4.78 is 11.0. The molecule has 0 unspecified atom stereocenters. The molecule has 6 heteroatoms. The molecule has 132 valence electrons. The normalized spacial score (nSPS) is 22.2. The van der Waals surface area contributed by atoms with Crippen LogP contribution in [-0.2, 0) is 4.74 Å². The van der Waals surface area contributed by atoms with Gasteiger partial charge in [0.2, 0.25) is 0 Å². The summed E-state index contributed by atoms with van der Waals surface area (Å²) in [6.45, 7) is 5.34. The van der Waals surface area contributed by atoms with Crippen molar-refractivity contribution in [2.45, 2.75) is 25.4 Å². The summed E-state index contributed by atoms with van der Waals surface area (Å²) >= 11 is 0. The van der Waals surface area contributed by atoms with Crippen LogP contribution in [0.3, 0.4) is 0 Å². The molecule has 1 aromatic rings. The summed E-state index contributed by atoms with van der Waals surface area (Å²) in [5, 5.41) is 2.97. The third kappa shape index (κ3) is 4.39. The molecule has 0 bridgehead atoms. The van der Waals surface area contributed by atoms with Gasteiger partial charge in [0.05, 0.1) is 18.9 Å². The van der Waals surface area contributed by atoms with E-state index in [1.54, 1.807) is 7.11 Å². The molecule has 1 atom stereocenters. The number of nitrogens with one attached hydrogen (secondary N) is 1. The van der Waals surface area contributed by atoms with Gasteiger partial charge in [-0.15, -0.1) is 0 Å². The van der Waals surface area contributed by atoms with Crippen LogP contribution >= 0.6 is 0 Å². The fraction of sp³-hybridized carbons (Fsp3) is 0.611. The van der Waals surface area contributed by atoms with Gasteiger partial charge in [0.25, 0.3) is 0 Å². The molecule has 1 N–H and O–H groups in total. The molecular weight excluding hydrogens is 306 g/mol. The zero-order valence-electron chi connectivity index (χ0n) is 14.4. The maximum atomic E-state index is 12.6. The van der Waals surface area contributed by atoms with Gasteiger partial charge in [-0.05, 0) is 37.9 Å². The van der Waals surface area contributed by atoms with Gasteiger partial charge in [-0.1, -0.05) is 12.1 Å². The minimum Gasteiger partial charge on any atom is -0.495 e. The number of amides is 2. The van der Waals surface area contributed by atoms with Gasteiger partial charge in [-0.2, -0.15) is 0 Å². The topological polar surface area (TPSA) is 54.0 Å². The predicted octanol–water partition coefficient (Wildman–Crippen LogP) is 2.41. The van der Waals surface area contributed by atoms with E-state index < -0.39 is 0 Å². The second-order valence-corrected chi connectivity index (χ2v) is 6.41. The Morgan fingerprint density at radius 2 is 2.12 bits per heavy atom. The maximum absolute atomic E-state index is 12.6. The number of ether oxygens (including phenoxy) is 2. The number of methoxy groups -OCH3 is 1. The number of rotatable bonds is 4. The third-order valence-corrected chi connectivity index (χ3v) is 4.71. The molecule has 2 amide bonds. The quantitative estimate of drug-likeness (QED) is 0.919. The first-order chi connectivity index (χ1) is 11.8. The minimum atomic E-state index is -0.0570. The predicted molar refractivity (Wildman–Crippen MR) is 93.6 cm³/mol. The number of urea groups is 1. The average molecular weight is 333 g/mol. The molecule has 0 aliphatic carbocycles. The van der Waals surface area contributed by atoms with Crippen LogP contribution in [0.15, 0.2) is 24.3 Å². The number of carbonyl (C=O) groups excluding carboxylic acids is 1. The highest BCUT2D eigenvalue weighted by molar-refractivity contribution is 5.91. The molecule has 24 heavy (non-hydrogen) atoms. The molecule has 2 heterocycles. The summed E-state index contributed by atoms with van der Waals surface area (Å²) in [6.07, 6.45) is 3.70. The van der Waals surface area contributed by atoms with E-state index in [1.807, 2.05) is 29.2 Å². The molecule has 0 saturated carbocycles. The highest BCUT2D eigenvalue weighted by atomic mass is 16.5. The average Bonchev–Trinajstić information content (AvgIpc) is 2.99. The summed E-state index contributed by atoms with van der Waals surface area (Å²) in [7, 11) is 1.61. The molecule has 6 nitrogen and oxygen atoms in total. The number of anilines is 1. The zero-order valence-corrected chi connectivity index (χ0v) is 14.4. The first-order valence-electron chi connectivity index (χ1n) is 8.79.